The van der Waals surface area contributed by atoms with Crippen LogP contribution in [0.5, 0.6) is 0 Å². The lowest BCUT2D eigenvalue weighted by atomic mass is 9.97. The van der Waals surface area contributed by atoms with Gasteiger partial charge >= 0.3 is 12.1 Å². The number of hydrogen-bond donors (Lipinski definition) is 2. The molecule has 0 aromatic heterocycles. The molecule has 28 heavy (non-hydrogen) atoms. The molecule has 1 aromatic rings. The summed E-state index contributed by atoms with van der Waals surface area (Å²) in [6, 6.07) is 8.14. The Labute approximate surface area is 166 Å². The Morgan fingerprint density at radius 3 is 2.64 bits per heavy atom. The summed E-state index contributed by atoms with van der Waals surface area (Å²) in [5.74, 6) is 5.35. The van der Waals surface area contributed by atoms with Gasteiger partial charge in [0.1, 0.15) is 12.6 Å². The lowest BCUT2D eigenvalue weighted by Crippen LogP contribution is -2.40. The zero-order valence-electron chi connectivity index (χ0n) is 16.7. The number of alkyl carbamates (subject to hydrolysis) is 1. The first-order chi connectivity index (χ1) is 13.4. The van der Waals surface area contributed by atoms with Crippen molar-refractivity contribution < 1.29 is 24.2 Å². The summed E-state index contributed by atoms with van der Waals surface area (Å²) in [5.41, 5.74) is -0.299. The number of rotatable bonds is 9. The Hall–Kier alpha value is -2.78. The topological polar surface area (TPSA) is 84.9 Å². The van der Waals surface area contributed by atoms with Crippen molar-refractivity contribution >= 4 is 12.1 Å². The molecule has 6 heteroatoms. The number of hydrogen-bond acceptors (Lipinski definition) is 5. The molecule has 0 saturated carbocycles. The lowest BCUT2D eigenvalue weighted by Gasteiger charge is -2.20. The molecule has 0 bridgehead atoms. The van der Waals surface area contributed by atoms with E-state index in [9.17, 15) is 14.7 Å². The Bertz CT molecular complexity index is 701. The number of ether oxygens (including phenoxy) is 2. The smallest absolute Gasteiger partial charge is 0.408 e. The highest BCUT2D eigenvalue weighted by Gasteiger charge is 2.22. The van der Waals surface area contributed by atoms with Gasteiger partial charge in [-0.05, 0) is 25.3 Å². The molecule has 152 valence electrons. The van der Waals surface area contributed by atoms with Crippen molar-refractivity contribution in [3.63, 3.8) is 0 Å². The summed E-state index contributed by atoms with van der Waals surface area (Å²) in [6.07, 6.45) is 4.85. The van der Waals surface area contributed by atoms with Crippen LogP contribution in [0.1, 0.15) is 45.1 Å². The van der Waals surface area contributed by atoms with Crippen molar-refractivity contribution in [2.24, 2.45) is 0 Å². The number of benzene rings is 1. The number of esters is 1. The van der Waals surface area contributed by atoms with Crippen LogP contribution < -0.4 is 5.32 Å². The van der Waals surface area contributed by atoms with Gasteiger partial charge in [-0.15, -0.1) is 11.8 Å². The van der Waals surface area contributed by atoms with Gasteiger partial charge in [-0.25, -0.2) is 9.59 Å². The standard InChI is InChI=1S/C22H29NO5/c1-4-5-6-7-11-15-22(2,26)16-14-19(20(24)27-3)23-21(25)28-17-18-12-9-8-10-13-18/h8-10,12-14,16,19,26H,4,7,11,15,17H2,1-3H3,(H,23,25). The van der Waals surface area contributed by atoms with Crippen LogP contribution in [-0.4, -0.2) is 35.9 Å². The van der Waals surface area contributed by atoms with Gasteiger partial charge in [0.15, 0.2) is 0 Å². The Morgan fingerprint density at radius 2 is 2.00 bits per heavy atom. The van der Waals surface area contributed by atoms with E-state index in [4.69, 9.17) is 9.47 Å². The van der Waals surface area contributed by atoms with Crippen molar-refractivity contribution in [1.29, 1.82) is 0 Å². The van der Waals surface area contributed by atoms with Gasteiger partial charge in [-0.3, -0.25) is 0 Å². The normalized spacial score (nSPS) is 13.7. The summed E-state index contributed by atoms with van der Waals surface area (Å²) < 4.78 is 9.82. The first-order valence-electron chi connectivity index (χ1n) is 9.30. The molecule has 1 aromatic carbocycles. The molecule has 0 fully saturated rings. The third-order valence-corrected chi connectivity index (χ3v) is 3.88. The van der Waals surface area contributed by atoms with Gasteiger partial charge in [-0.2, -0.15) is 0 Å². The van der Waals surface area contributed by atoms with E-state index in [1.807, 2.05) is 37.3 Å². The summed E-state index contributed by atoms with van der Waals surface area (Å²) in [5, 5.41) is 12.9. The van der Waals surface area contributed by atoms with Crippen LogP contribution in [0.4, 0.5) is 4.79 Å². The predicted molar refractivity (Wildman–Crippen MR) is 107 cm³/mol. The lowest BCUT2D eigenvalue weighted by molar-refractivity contribution is -0.141. The molecule has 0 saturated heterocycles. The molecule has 1 rings (SSSR count). The van der Waals surface area contributed by atoms with E-state index < -0.39 is 23.7 Å². The average molecular weight is 387 g/mol. The summed E-state index contributed by atoms with van der Waals surface area (Å²) >= 11 is 0. The maximum atomic E-state index is 12.0. The number of amides is 1. The van der Waals surface area contributed by atoms with Gasteiger partial charge in [0.05, 0.1) is 12.7 Å². The quantitative estimate of drug-likeness (QED) is 0.294. The zero-order valence-corrected chi connectivity index (χ0v) is 16.7. The van der Waals surface area contributed by atoms with Gasteiger partial charge in [0.25, 0.3) is 0 Å². The molecule has 2 atom stereocenters. The molecule has 0 aliphatic rings. The van der Waals surface area contributed by atoms with Crippen LogP contribution in [0.15, 0.2) is 42.5 Å². The van der Waals surface area contributed by atoms with Crippen LogP contribution in [0, 0.1) is 11.8 Å². The number of unbranched alkanes of at least 4 members (excludes halogenated alkanes) is 1. The van der Waals surface area contributed by atoms with E-state index in [2.05, 4.69) is 17.2 Å². The Morgan fingerprint density at radius 1 is 1.29 bits per heavy atom. The van der Waals surface area contributed by atoms with Gasteiger partial charge in [0.2, 0.25) is 0 Å². The predicted octanol–water partition coefficient (Wildman–Crippen LogP) is 3.35. The summed E-state index contributed by atoms with van der Waals surface area (Å²) in [4.78, 5) is 23.9. The molecule has 6 nitrogen and oxygen atoms in total. The maximum absolute atomic E-state index is 12.0. The first-order valence-corrected chi connectivity index (χ1v) is 9.30. The molecule has 1 amide bonds. The minimum absolute atomic E-state index is 0.0841. The fourth-order valence-electron chi connectivity index (χ4n) is 2.34. The van der Waals surface area contributed by atoms with Crippen LogP contribution >= 0.6 is 0 Å². The number of aliphatic hydroxyl groups is 1. The highest BCUT2D eigenvalue weighted by molar-refractivity contribution is 5.83. The van der Waals surface area contributed by atoms with Gasteiger partial charge < -0.3 is 19.9 Å². The number of nitrogens with one attached hydrogen (secondary N) is 1. The van der Waals surface area contributed by atoms with E-state index in [1.54, 1.807) is 6.92 Å². The van der Waals surface area contributed by atoms with Crippen LogP contribution in [0.3, 0.4) is 0 Å². The highest BCUT2D eigenvalue weighted by atomic mass is 16.6. The molecule has 2 unspecified atom stereocenters. The van der Waals surface area contributed by atoms with E-state index in [0.717, 1.165) is 18.4 Å². The second kappa shape index (κ2) is 12.6. The Kier molecular flexibility index (Phi) is 10.4. The summed E-state index contributed by atoms with van der Waals surface area (Å²) in [7, 11) is 1.23. The molecular formula is C22H29NO5. The molecule has 0 spiro atoms. The Balaban J connectivity index is 2.59. The van der Waals surface area contributed by atoms with E-state index in [1.165, 1.54) is 19.3 Å². The average Bonchev–Trinajstić information content (AvgIpc) is 2.69. The van der Waals surface area contributed by atoms with Crippen LogP contribution in [0.2, 0.25) is 0 Å². The van der Waals surface area contributed by atoms with E-state index >= 15 is 0 Å². The van der Waals surface area contributed by atoms with Gasteiger partial charge in [-0.1, -0.05) is 49.4 Å². The number of carbonyl (C=O) groups is 2. The van der Waals surface area contributed by atoms with Crippen molar-refractivity contribution in [2.75, 3.05) is 7.11 Å². The largest absolute Gasteiger partial charge is 0.467 e. The van der Waals surface area contributed by atoms with Crippen LogP contribution in [-0.2, 0) is 20.9 Å². The van der Waals surface area contributed by atoms with Crippen molar-refractivity contribution in [1.82, 2.24) is 5.32 Å². The monoisotopic (exact) mass is 387 g/mol. The first kappa shape index (κ1) is 23.3. The minimum atomic E-state index is -1.13. The number of methoxy groups -OCH3 is 1. The van der Waals surface area contributed by atoms with E-state index in [-0.39, 0.29) is 6.61 Å². The van der Waals surface area contributed by atoms with E-state index in [0.29, 0.717) is 12.8 Å². The van der Waals surface area contributed by atoms with Crippen molar-refractivity contribution in [3.8, 4) is 11.8 Å². The molecule has 0 aliphatic heterocycles. The molecule has 0 radical (unpaired) electrons. The van der Waals surface area contributed by atoms with Crippen LogP contribution in [0.25, 0.3) is 0 Å². The SMILES string of the molecule is CCC#CCCCC(C)(O)C=CC(NC(=O)OCc1ccccc1)C(=O)OC. The third-order valence-electron chi connectivity index (χ3n) is 3.88. The van der Waals surface area contributed by atoms with Crippen molar-refractivity contribution in [2.45, 2.75) is 57.8 Å². The molecule has 2 N–H and O–H groups in total. The second-order valence-electron chi connectivity index (χ2n) is 6.48. The molecular weight excluding hydrogens is 358 g/mol. The zero-order chi connectivity index (χ0) is 20.8. The third kappa shape index (κ3) is 9.79. The summed E-state index contributed by atoms with van der Waals surface area (Å²) in [6.45, 7) is 3.70. The fourth-order valence-corrected chi connectivity index (χ4v) is 2.34. The van der Waals surface area contributed by atoms with Gasteiger partial charge in [0, 0.05) is 12.8 Å². The second-order valence-corrected chi connectivity index (χ2v) is 6.48. The van der Waals surface area contributed by atoms with Crippen molar-refractivity contribution in [3.05, 3.63) is 48.0 Å². The number of carbonyl (C=O) groups excluding carboxylic acids is 2. The highest BCUT2D eigenvalue weighted by Crippen LogP contribution is 2.15. The molecule has 0 aliphatic carbocycles. The molecule has 0 heterocycles. The minimum Gasteiger partial charge on any atom is -0.467 e. The fraction of sp³-hybridized carbons (Fsp3) is 0.455. The maximum Gasteiger partial charge on any atom is 0.408 e.